The van der Waals surface area contributed by atoms with Crippen molar-refractivity contribution in [3.63, 3.8) is 0 Å². The van der Waals surface area contributed by atoms with Gasteiger partial charge in [0.25, 0.3) is 5.91 Å². The van der Waals surface area contributed by atoms with E-state index in [-0.39, 0.29) is 5.56 Å². The number of aromatic nitrogens is 2. The summed E-state index contributed by atoms with van der Waals surface area (Å²) in [7, 11) is 0. The molecule has 0 saturated carbocycles. The van der Waals surface area contributed by atoms with Gasteiger partial charge in [0, 0.05) is 24.3 Å². The molecule has 122 valence electrons. The highest BCUT2D eigenvalue weighted by molar-refractivity contribution is 5.94. The summed E-state index contributed by atoms with van der Waals surface area (Å²) in [6, 6.07) is 10.9. The maximum absolute atomic E-state index is 13.4. The molecule has 1 amide bonds. The molecule has 24 heavy (non-hydrogen) atoms. The first-order chi connectivity index (χ1) is 11.8. The van der Waals surface area contributed by atoms with Crippen LogP contribution < -0.4 is 10.1 Å². The number of carbonyl (C=O) groups is 1. The Balaban J connectivity index is 1.49. The predicted molar refractivity (Wildman–Crippen MR) is 88.4 cm³/mol. The number of fused-ring (bicyclic) bond motifs is 1. The molecule has 0 atom stereocenters. The van der Waals surface area contributed by atoms with Crippen molar-refractivity contribution in [1.82, 2.24) is 15.3 Å². The molecule has 0 aliphatic heterocycles. The van der Waals surface area contributed by atoms with Crippen molar-refractivity contribution in [2.24, 2.45) is 0 Å². The van der Waals surface area contributed by atoms with Gasteiger partial charge < -0.3 is 10.1 Å². The van der Waals surface area contributed by atoms with Crippen molar-refractivity contribution < 1.29 is 13.9 Å². The van der Waals surface area contributed by atoms with Crippen LogP contribution in [0.15, 0.2) is 55.0 Å². The van der Waals surface area contributed by atoms with E-state index in [2.05, 4.69) is 15.3 Å². The van der Waals surface area contributed by atoms with Crippen molar-refractivity contribution in [2.45, 2.75) is 6.42 Å². The molecule has 0 unspecified atom stereocenters. The Kier molecular flexibility index (Phi) is 4.96. The van der Waals surface area contributed by atoms with Crippen molar-refractivity contribution >= 4 is 16.8 Å². The molecule has 0 aliphatic carbocycles. The van der Waals surface area contributed by atoms with Crippen LogP contribution in [0.3, 0.4) is 0 Å². The Morgan fingerprint density at radius 1 is 1.17 bits per heavy atom. The number of benzene rings is 1. The van der Waals surface area contributed by atoms with Crippen LogP contribution in [-0.4, -0.2) is 29.0 Å². The molecule has 0 bridgehead atoms. The SMILES string of the molecule is O=C(NCCCOc1cccc2cccnc12)c1ccncc1F. The molecule has 3 aromatic rings. The first-order valence-electron chi connectivity index (χ1n) is 7.60. The minimum Gasteiger partial charge on any atom is -0.491 e. The van der Waals surface area contributed by atoms with E-state index in [4.69, 9.17) is 4.74 Å². The molecule has 0 radical (unpaired) electrons. The lowest BCUT2D eigenvalue weighted by atomic mass is 10.2. The van der Waals surface area contributed by atoms with Gasteiger partial charge in [0.15, 0.2) is 5.82 Å². The zero-order valence-corrected chi connectivity index (χ0v) is 12.9. The van der Waals surface area contributed by atoms with Crippen molar-refractivity contribution in [3.8, 4) is 5.75 Å². The minimum absolute atomic E-state index is 0.0100. The topological polar surface area (TPSA) is 64.1 Å². The fourth-order valence-corrected chi connectivity index (χ4v) is 2.30. The van der Waals surface area contributed by atoms with E-state index in [1.807, 2.05) is 30.3 Å². The van der Waals surface area contributed by atoms with Crippen molar-refractivity contribution in [3.05, 3.63) is 66.4 Å². The van der Waals surface area contributed by atoms with Gasteiger partial charge in [-0.2, -0.15) is 0 Å². The fourth-order valence-electron chi connectivity index (χ4n) is 2.30. The lowest BCUT2D eigenvalue weighted by Gasteiger charge is -2.09. The molecule has 1 N–H and O–H groups in total. The fraction of sp³-hybridized carbons (Fsp3) is 0.167. The molecule has 1 aromatic carbocycles. The van der Waals surface area contributed by atoms with Gasteiger partial charge in [-0.3, -0.25) is 14.8 Å². The molecule has 0 saturated heterocycles. The predicted octanol–water partition coefficient (Wildman–Crippen LogP) is 2.97. The Morgan fingerprint density at radius 3 is 2.92 bits per heavy atom. The lowest BCUT2D eigenvalue weighted by Crippen LogP contribution is -2.26. The van der Waals surface area contributed by atoms with Crippen LogP contribution in [0.2, 0.25) is 0 Å². The standard InChI is InChI=1S/C18H16FN3O2/c19-15-12-20-10-7-14(15)18(23)22-9-3-11-24-16-6-1-4-13-5-2-8-21-17(13)16/h1-2,4-8,10,12H,3,9,11H2,(H,22,23). The lowest BCUT2D eigenvalue weighted by molar-refractivity contribution is 0.0947. The number of hydrogen-bond donors (Lipinski definition) is 1. The molecule has 0 fully saturated rings. The summed E-state index contributed by atoms with van der Waals surface area (Å²) in [6.07, 6.45) is 4.72. The number of pyridine rings is 2. The molecule has 5 nitrogen and oxygen atoms in total. The van der Waals surface area contributed by atoms with Crippen LogP contribution >= 0.6 is 0 Å². The smallest absolute Gasteiger partial charge is 0.254 e. The van der Waals surface area contributed by atoms with Gasteiger partial charge in [-0.25, -0.2) is 4.39 Å². The van der Waals surface area contributed by atoms with Crippen molar-refractivity contribution in [1.29, 1.82) is 0 Å². The van der Waals surface area contributed by atoms with E-state index in [1.165, 1.54) is 12.3 Å². The van der Waals surface area contributed by atoms with Crippen LogP contribution in [-0.2, 0) is 0 Å². The van der Waals surface area contributed by atoms with Crippen molar-refractivity contribution in [2.75, 3.05) is 13.2 Å². The van der Waals surface area contributed by atoms with Gasteiger partial charge in [0.1, 0.15) is 11.3 Å². The number of rotatable bonds is 6. The van der Waals surface area contributed by atoms with Gasteiger partial charge in [-0.05, 0) is 24.6 Å². The van der Waals surface area contributed by atoms with Crippen LogP contribution in [0, 0.1) is 5.82 Å². The molecule has 0 spiro atoms. The van der Waals surface area contributed by atoms with Gasteiger partial charge >= 0.3 is 0 Å². The number of amides is 1. The second kappa shape index (κ2) is 7.50. The maximum atomic E-state index is 13.4. The van der Waals surface area contributed by atoms with Crippen LogP contribution in [0.5, 0.6) is 5.75 Å². The summed E-state index contributed by atoms with van der Waals surface area (Å²) in [5, 5.41) is 3.67. The van der Waals surface area contributed by atoms with Crippen LogP contribution in [0.4, 0.5) is 4.39 Å². The third-order valence-electron chi connectivity index (χ3n) is 3.48. The van der Waals surface area contributed by atoms with E-state index in [0.29, 0.717) is 25.3 Å². The third kappa shape index (κ3) is 3.65. The molecule has 6 heteroatoms. The third-order valence-corrected chi connectivity index (χ3v) is 3.48. The Hall–Kier alpha value is -3.02. The average Bonchev–Trinajstić information content (AvgIpc) is 2.62. The van der Waals surface area contributed by atoms with Gasteiger partial charge in [-0.15, -0.1) is 0 Å². The number of nitrogens with one attached hydrogen (secondary N) is 1. The highest BCUT2D eigenvalue weighted by atomic mass is 19.1. The summed E-state index contributed by atoms with van der Waals surface area (Å²) < 4.78 is 19.2. The Bertz CT molecular complexity index is 849. The van der Waals surface area contributed by atoms with Gasteiger partial charge in [-0.1, -0.05) is 18.2 Å². The van der Waals surface area contributed by atoms with Crippen LogP contribution in [0.1, 0.15) is 16.8 Å². The first kappa shape index (κ1) is 15.9. The summed E-state index contributed by atoms with van der Waals surface area (Å²) in [6.45, 7) is 0.813. The number of carbonyl (C=O) groups excluding carboxylic acids is 1. The van der Waals surface area contributed by atoms with E-state index < -0.39 is 11.7 Å². The zero-order valence-electron chi connectivity index (χ0n) is 12.9. The minimum atomic E-state index is -0.631. The average molecular weight is 325 g/mol. The maximum Gasteiger partial charge on any atom is 0.254 e. The number of ether oxygens (including phenoxy) is 1. The second-order valence-electron chi connectivity index (χ2n) is 5.14. The Labute approximate surface area is 138 Å². The highest BCUT2D eigenvalue weighted by Gasteiger charge is 2.10. The quantitative estimate of drug-likeness (QED) is 0.708. The number of para-hydroxylation sites is 1. The number of nitrogens with zero attached hydrogens (tertiary/aromatic N) is 2. The molecule has 2 aromatic heterocycles. The summed E-state index contributed by atoms with van der Waals surface area (Å²) >= 11 is 0. The van der Waals surface area contributed by atoms with Crippen LogP contribution in [0.25, 0.3) is 10.9 Å². The number of hydrogen-bond acceptors (Lipinski definition) is 4. The largest absolute Gasteiger partial charge is 0.491 e. The Morgan fingerprint density at radius 2 is 2.04 bits per heavy atom. The second-order valence-corrected chi connectivity index (χ2v) is 5.14. The molecule has 3 rings (SSSR count). The zero-order chi connectivity index (χ0) is 16.8. The van der Waals surface area contributed by atoms with Gasteiger partial charge in [0.2, 0.25) is 0 Å². The summed E-state index contributed by atoms with van der Waals surface area (Å²) in [4.78, 5) is 19.8. The highest BCUT2D eigenvalue weighted by Crippen LogP contribution is 2.22. The normalized spacial score (nSPS) is 10.5. The van der Waals surface area contributed by atoms with Gasteiger partial charge in [0.05, 0.1) is 18.4 Å². The van der Waals surface area contributed by atoms with E-state index in [1.54, 1.807) is 6.20 Å². The van der Waals surface area contributed by atoms with E-state index in [0.717, 1.165) is 17.1 Å². The summed E-state index contributed by atoms with van der Waals surface area (Å²) in [5.41, 5.74) is 0.798. The molecular weight excluding hydrogens is 309 g/mol. The molecular formula is C18H16FN3O2. The number of halogens is 1. The first-order valence-corrected chi connectivity index (χ1v) is 7.60. The van der Waals surface area contributed by atoms with E-state index in [9.17, 15) is 9.18 Å². The molecule has 2 heterocycles. The monoisotopic (exact) mass is 325 g/mol. The summed E-state index contributed by atoms with van der Waals surface area (Å²) in [5.74, 6) is -0.380. The molecule has 0 aliphatic rings. The van der Waals surface area contributed by atoms with E-state index >= 15 is 0 Å².